The van der Waals surface area contributed by atoms with E-state index in [1.807, 2.05) is 5.38 Å². The van der Waals surface area contributed by atoms with Crippen molar-refractivity contribution in [2.24, 2.45) is 0 Å². The summed E-state index contributed by atoms with van der Waals surface area (Å²) in [6.07, 6.45) is 0. The van der Waals surface area contributed by atoms with Crippen LogP contribution in [0, 0.1) is 0 Å². The van der Waals surface area contributed by atoms with Gasteiger partial charge in [-0.05, 0) is 0 Å². The van der Waals surface area contributed by atoms with Gasteiger partial charge in [0.1, 0.15) is 9.37 Å². The van der Waals surface area contributed by atoms with Crippen molar-refractivity contribution in [3.05, 3.63) is 5.38 Å². The Morgan fingerprint density at radius 1 is 1.33 bits per heavy atom. The maximum absolute atomic E-state index is 3.96. The first-order valence-electron chi connectivity index (χ1n) is 1.62. The average molecular weight is 197 g/mol. The molecule has 0 aliphatic heterocycles. The van der Waals surface area contributed by atoms with E-state index in [0.29, 0.717) is 0 Å². The van der Waals surface area contributed by atoms with E-state index in [1.54, 1.807) is 0 Å². The molecule has 0 bridgehead atoms. The van der Waals surface area contributed by atoms with Crippen molar-refractivity contribution < 1.29 is 0 Å². The van der Waals surface area contributed by atoms with E-state index in [4.69, 9.17) is 0 Å². The van der Waals surface area contributed by atoms with Gasteiger partial charge in [-0.3, -0.25) is 0 Å². The van der Waals surface area contributed by atoms with Gasteiger partial charge in [0.2, 0.25) is 0 Å². The molecule has 42 valence electrons. The molecule has 0 aliphatic carbocycles. The number of thiazole rings is 1. The fourth-order valence-corrected chi connectivity index (χ4v) is 1.34. The minimum absolute atomic E-state index is 0. The number of thiol groups is 2. The quantitative estimate of drug-likeness (QED) is 0.454. The van der Waals surface area contributed by atoms with Crippen molar-refractivity contribution in [2.75, 3.05) is 0 Å². The molecule has 0 radical (unpaired) electrons. The van der Waals surface area contributed by atoms with Gasteiger partial charge in [0.25, 0.3) is 0 Å². The fourth-order valence-electron chi connectivity index (χ4n) is 0.256. The van der Waals surface area contributed by atoms with Gasteiger partial charge in [-0.2, -0.15) is 0 Å². The normalized spacial score (nSPS) is 7.33. The van der Waals surface area contributed by atoms with Gasteiger partial charge in [0.05, 0.1) is 0 Å². The van der Waals surface area contributed by atoms with Gasteiger partial charge in [-0.1, -0.05) is 0 Å². The Balaban J connectivity index is 0. The summed E-state index contributed by atoms with van der Waals surface area (Å²) in [5.74, 6) is 0. The Bertz CT molecular complexity index is 149. The third-order valence-corrected chi connectivity index (χ3v) is 1.94. The molecule has 1 aromatic rings. The summed E-state index contributed by atoms with van der Waals surface area (Å²) < 4.78 is 0.769. The van der Waals surface area contributed by atoms with Crippen molar-refractivity contribution in [2.45, 2.75) is 9.37 Å². The Morgan fingerprint density at radius 2 is 1.89 bits per heavy atom. The molecule has 1 nitrogen and oxygen atoms in total. The Morgan fingerprint density at radius 3 is 2.00 bits per heavy atom. The second-order valence-corrected chi connectivity index (χ2v) is 3.03. The molecule has 0 atom stereocenters. The number of aromatic nitrogens is 1. The van der Waals surface area contributed by atoms with Crippen LogP contribution in [0.15, 0.2) is 14.7 Å². The van der Waals surface area contributed by atoms with Crippen molar-refractivity contribution >= 4 is 95.7 Å². The van der Waals surface area contributed by atoms with Gasteiger partial charge in [0, 0.05) is 5.38 Å². The first-order chi connectivity index (χ1) is 3.29. The van der Waals surface area contributed by atoms with Crippen LogP contribution < -0.4 is 0 Å². The average Bonchev–Trinajstić information content (AvgIpc) is 1.87. The van der Waals surface area contributed by atoms with E-state index >= 15 is 0 Å². The Labute approximate surface area is 113 Å². The molecular weight excluding hydrogens is 192 g/mol. The molecule has 0 saturated heterocycles. The summed E-state index contributed by atoms with van der Waals surface area (Å²) in [5, 5.41) is 2.58. The zero-order valence-electron chi connectivity index (χ0n) is 3.33. The van der Waals surface area contributed by atoms with Crippen LogP contribution in [0.1, 0.15) is 0 Å². The molecule has 0 N–H and O–H groups in total. The second-order valence-electron chi connectivity index (χ2n) is 0.988. The first-order valence-corrected chi connectivity index (χ1v) is 3.40. The summed E-state index contributed by atoms with van der Waals surface area (Å²) in [6.45, 7) is 0. The van der Waals surface area contributed by atoms with Gasteiger partial charge in [-0.15, -0.1) is 36.6 Å². The number of hydrogen-bond donors (Lipinski definition) is 2. The predicted molar refractivity (Wildman–Crippen MR) is 50.9 cm³/mol. The minimum atomic E-state index is 0. The zero-order valence-corrected chi connectivity index (χ0v) is 5.93. The number of rotatable bonds is 0. The molecule has 0 amide bonds. The molecule has 6 heteroatoms. The number of hydrogen-bond acceptors (Lipinski definition) is 4. The number of nitrogens with zero attached hydrogens (tertiary/aromatic N) is 1. The molecule has 0 saturated carbocycles. The van der Waals surface area contributed by atoms with Gasteiger partial charge in [0.15, 0.2) is 0 Å². The van der Waals surface area contributed by atoms with E-state index in [1.165, 1.54) is 11.3 Å². The Kier molecular flexibility index (Phi) is 10.8. The van der Waals surface area contributed by atoms with Crippen molar-refractivity contribution in [1.29, 1.82) is 0 Å². The monoisotopic (exact) mass is 197 g/mol. The standard InChI is InChI=1S/C3H3NS3.2Na.2H/c5-2-1-7-3(6)4-2;;;;/h1,5H,(H,4,6);;;;. The van der Waals surface area contributed by atoms with Crippen LogP contribution in [0.5, 0.6) is 0 Å². The second kappa shape index (κ2) is 7.00. The molecule has 1 aromatic heterocycles. The van der Waals surface area contributed by atoms with Gasteiger partial charge in [-0.25, -0.2) is 4.98 Å². The summed E-state index contributed by atoms with van der Waals surface area (Å²) in [4.78, 5) is 3.86. The molecule has 1 rings (SSSR count). The SMILES string of the molecule is Sc1csc(S)n1.[NaH].[NaH]. The third kappa shape index (κ3) is 5.58. The van der Waals surface area contributed by atoms with Gasteiger partial charge >= 0.3 is 59.1 Å². The van der Waals surface area contributed by atoms with Crippen LogP contribution in [0.25, 0.3) is 0 Å². The van der Waals surface area contributed by atoms with Crippen LogP contribution >= 0.6 is 36.6 Å². The van der Waals surface area contributed by atoms with Gasteiger partial charge < -0.3 is 0 Å². The van der Waals surface area contributed by atoms with Crippen LogP contribution in [0.4, 0.5) is 0 Å². The van der Waals surface area contributed by atoms with E-state index < -0.39 is 0 Å². The summed E-state index contributed by atoms with van der Waals surface area (Å²) in [6, 6.07) is 0. The van der Waals surface area contributed by atoms with Crippen LogP contribution in [-0.2, 0) is 0 Å². The van der Waals surface area contributed by atoms with E-state index in [0.717, 1.165) is 9.37 Å². The molecule has 0 fully saturated rings. The van der Waals surface area contributed by atoms with Crippen molar-refractivity contribution in [3.8, 4) is 0 Å². The molecule has 0 aliphatic rings. The molecule has 0 unspecified atom stereocenters. The van der Waals surface area contributed by atoms with Crippen LogP contribution in [0.3, 0.4) is 0 Å². The molecule has 9 heavy (non-hydrogen) atoms. The summed E-state index contributed by atoms with van der Waals surface area (Å²) in [5.41, 5.74) is 0. The van der Waals surface area contributed by atoms with E-state index in [2.05, 4.69) is 30.2 Å². The molecular formula is C3H5NNa2S3. The van der Waals surface area contributed by atoms with E-state index in [-0.39, 0.29) is 59.1 Å². The zero-order chi connectivity index (χ0) is 5.28. The first kappa shape index (κ1) is 13.9. The Hall–Kier alpha value is 2.33. The van der Waals surface area contributed by atoms with Crippen molar-refractivity contribution in [1.82, 2.24) is 4.98 Å². The predicted octanol–water partition coefficient (Wildman–Crippen LogP) is 0.423. The van der Waals surface area contributed by atoms with E-state index in [9.17, 15) is 0 Å². The summed E-state index contributed by atoms with van der Waals surface area (Å²) in [7, 11) is 0. The van der Waals surface area contributed by atoms with Crippen molar-refractivity contribution in [3.63, 3.8) is 0 Å². The fraction of sp³-hybridized carbons (Fsp3) is 0. The van der Waals surface area contributed by atoms with Crippen LogP contribution in [-0.4, -0.2) is 64.1 Å². The third-order valence-electron chi connectivity index (χ3n) is 0.480. The summed E-state index contributed by atoms with van der Waals surface area (Å²) >= 11 is 9.40. The molecule has 1 heterocycles. The molecule has 0 spiro atoms. The molecule has 0 aromatic carbocycles. The topological polar surface area (TPSA) is 12.9 Å². The maximum atomic E-state index is 3.96. The van der Waals surface area contributed by atoms with Crippen LogP contribution in [0.2, 0.25) is 0 Å².